The molecule has 1 fully saturated rings. The van der Waals surface area contributed by atoms with Crippen molar-refractivity contribution >= 4 is 23.2 Å². The maximum absolute atomic E-state index is 12.0. The maximum atomic E-state index is 12.0. The number of hydrogen-bond acceptors (Lipinski definition) is 4. The van der Waals surface area contributed by atoms with E-state index in [1.165, 1.54) is 0 Å². The second kappa shape index (κ2) is 4.49. The average molecular weight is 275 g/mol. The van der Waals surface area contributed by atoms with Crippen LogP contribution < -0.4 is 21.1 Å². The first-order valence-electron chi connectivity index (χ1n) is 6.70. The lowest BCUT2D eigenvalue weighted by Gasteiger charge is -2.36. The Kier molecular flexibility index (Phi) is 2.90. The van der Waals surface area contributed by atoms with Gasteiger partial charge in [-0.25, -0.2) is 0 Å². The van der Waals surface area contributed by atoms with Gasteiger partial charge in [-0.2, -0.15) is 0 Å². The molecule has 1 aromatic carbocycles. The first kappa shape index (κ1) is 12.9. The van der Waals surface area contributed by atoms with Crippen molar-refractivity contribution in [1.82, 2.24) is 0 Å². The number of amides is 2. The molecule has 1 saturated carbocycles. The van der Waals surface area contributed by atoms with Crippen LogP contribution in [0.1, 0.15) is 26.2 Å². The third-order valence-electron chi connectivity index (χ3n) is 3.87. The van der Waals surface area contributed by atoms with E-state index >= 15 is 0 Å². The number of anilines is 2. The van der Waals surface area contributed by atoms with Gasteiger partial charge < -0.3 is 21.1 Å². The predicted octanol–water partition coefficient (Wildman–Crippen LogP) is 1.23. The van der Waals surface area contributed by atoms with Gasteiger partial charge in [0.15, 0.2) is 6.10 Å². The minimum atomic E-state index is -0.746. The van der Waals surface area contributed by atoms with Crippen LogP contribution in [0.15, 0.2) is 18.2 Å². The van der Waals surface area contributed by atoms with Crippen LogP contribution in [0.4, 0.5) is 11.4 Å². The quantitative estimate of drug-likeness (QED) is 0.756. The molecule has 1 heterocycles. The summed E-state index contributed by atoms with van der Waals surface area (Å²) >= 11 is 0. The van der Waals surface area contributed by atoms with Crippen LogP contribution >= 0.6 is 0 Å². The molecule has 2 aliphatic rings. The van der Waals surface area contributed by atoms with E-state index in [-0.39, 0.29) is 11.8 Å². The topological polar surface area (TPSA) is 93.4 Å². The summed E-state index contributed by atoms with van der Waals surface area (Å²) in [6.45, 7) is 1.68. The van der Waals surface area contributed by atoms with Crippen LogP contribution in [0.2, 0.25) is 0 Å². The molecular formula is C14H17N3O3. The van der Waals surface area contributed by atoms with Crippen molar-refractivity contribution in [3.8, 4) is 5.75 Å². The summed E-state index contributed by atoms with van der Waals surface area (Å²) < 4.78 is 5.45. The molecule has 1 aromatic rings. The lowest BCUT2D eigenvalue weighted by molar-refractivity contribution is -0.124. The molecule has 0 spiro atoms. The fourth-order valence-electron chi connectivity index (χ4n) is 2.33. The molecule has 0 radical (unpaired) electrons. The molecule has 0 aromatic heterocycles. The van der Waals surface area contributed by atoms with Gasteiger partial charge in [0.2, 0.25) is 5.91 Å². The summed E-state index contributed by atoms with van der Waals surface area (Å²) in [5.74, 6) is 0.219. The second-order valence-corrected chi connectivity index (χ2v) is 5.42. The Hall–Kier alpha value is -2.08. The van der Waals surface area contributed by atoms with Crippen LogP contribution in [-0.4, -0.2) is 23.5 Å². The number of hydrogen-bond donors (Lipinski definition) is 3. The van der Waals surface area contributed by atoms with Crippen molar-refractivity contribution < 1.29 is 14.3 Å². The van der Waals surface area contributed by atoms with Crippen molar-refractivity contribution in [2.75, 3.05) is 10.6 Å². The smallest absolute Gasteiger partial charge is 0.265 e. The molecule has 0 saturated heterocycles. The highest BCUT2D eigenvalue weighted by Gasteiger charge is 2.40. The number of ether oxygens (including phenoxy) is 1. The van der Waals surface area contributed by atoms with Crippen molar-refractivity contribution in [3.63, 3.8) is 0 Å². The Morgan fingerprint density at radius 3 is 2.90 bits per heavy atom. The normalized spacial score (nSPS) is 22.9. The summed E-state index contributed by atoms with van der Waals surface area (Å²) in [4.78, 5) is 23.6. The van der Waals surface area contributed by atoms with Gasteiger partial charge >= 0.3 is 0 Å². The van der Waals surface area contributed by atoms with Crippen molar-refractivity contribution in [1.29, 1.82) is 0 Å². The molecule has 20 heavy (non-hydrogen) atoms. The lowest BCUT2D eigenvalue weighted by atomic mass is 9.77. The molecule has 6 heteroatoms. The molecule has 2 amide bonds. The van der Waals surface area contributed by atoms with Gasteiger partial charge in [-0.15, -0.1) is 0 Å². The number of rotatable bonds is 2. The number of fused-ring (bicyclic) bond motifs is 1. The molecule has 4 N–H and O–H groups in total. The highest BCUT2D eigenvalue weighted by molar-refractivity contribution is 6.01. The van der Waals surface area contributed by atoms with Crippen molar-refractivity contribution in [2.45, 2.75) is 37.8 Å². The molecule has 3 rings (SSSR count). The van der Waals surface area contributed by atoms with E-state index in [1.54, 1.807) is 25.1 Å². The summed E-state index contributed by atoms with van der Waals surface area (Å²) in [6, 6.07) is 5.15. The van der Waals surface area contributed by atoms with Gasteiger partial charge in [0.1, 0.15) is 5.75 Å². The third-order valence-corrected chi connectivity index (χ3v) is 3.87. The summed E-state index contributed by atoms with van der Waals surface area (Å²) in [7, 11) is 0. The average Bonchev–Trinajstić information content (AvgIpc) is 2.37. The van der Waals surface area contributed by atoms with E-state index in [4.69, 9.17) is 10.5 Å². The molecular weight excluding hydrogens is 258 g/mol. The van der Waals surface area contributed by atoms with Crippen LogP contribution in [0.3, 0.4) is 0 Å². The third kappa shape index (κ3) is 2.12. The fraction of sp³-hybridized carbons (Fsp3) is 0.429. The Bertz CT molecular complexity index is 581. The highest BCUT2D eigenvalue weighted by Crippen LogP contribution is 2.34. The summed E-state index contributed by atoms with van der Waals surface area (Å²) in [5.41, 5.74) is 6.38. The van der Waals surface area contributed by atoms with Crippen LogP contribution in [-0.2, 0) is 9.59 Å². The van der Waals surface area contributed by atoms with E-state index < -0.39 is 11.6 Å². The minimum Gasteiger partial charge on any atom is -0.479 e. The largest absolute Gasteiger partial charge is 0.479 e. The minimum absolute atomic E-state index is 0.180. The van der Waals surface area contributed by atoms with Crippen molar-refractivity contribution in [2.24, 2.45) is 5.73 Å². The molecule has 106 valence electrons. The Labute approximate surface area is 116 Å². The van der Waals surface area contributed by atoms with Gasteiger partial charge in [0, 0.05) is 5.69 Å². The highest BCUT2D eigenvalue weighted by atomic mass is 16.5. The van der Waals surface area contributed by atoms with Crippen LogP contribution in [0.5, 0.6) is 5.75 Å². The first-order valence-corrected chi connectivity index (χ1v) is 6.70. The zero-order chi connectivity index (χ0) is 14.3. The molecule has 0 bridgehead atoms. The zero-order valence-corrected chi connectivity index (χ0v) is 11.2. The number of carbonyl (C=O) groups excluding carboxylic acids is 2. The standard InChI is InChI=1S/C14H17N3O3/c1-8-12(18)17-10-7-9(3-4-11(10)20-8)16-13(19)14(15)5-2-6-14/h3-4,7-8H,2,5-6,15H2,1H3,(H,16,19)(H,17,18). The second-order valence-electron chi connectivity index (χ2n) is 5.42. The van der Waals surface area contributed by atoms with Crippen LogP contribution in [0, 0.1) is 0 Å². The van der Waals surface area contributed by atoms with Gasteiger partial charge in [-0.3, -0.25) is 9.59 Å². The summed E-state index contributed by atoms with van der Waals surface area (Å²) in [5, 5.41) is 5.53. The monoisotopic (exact) mass is 275 g/mol. The number of benzene rings is 1. The molecule has 6 nitrogen and oxygen atoms in total. The molecule has 1 atom stereocenters. The first-order chi connectivity index (χ1) is 9.48. The SMILES string of the molecule is CC1Oc2ccc(NC(=O)C3(N)CCC3)cc2NC1=O. The van der Waals surface area contributed by atoms with E-state index in [2.05, 4.69) is 10.6 Å². The lowest BCUT2D eigenvalue weighted by Crippen LogP contribution is -2.56. The number of nitrogens with two attached hydrogens (primary N) is 1. The fourth-order valence-corrected chi connectivity index (χ4v) is 2.33. The Morgan fingerprint density at radius 1 is 1.50 bits per heavy atom. The predicted molar refractivity (Wildman–Crippen MR) is 74.6 cm³/mol. The van der Waals surface area contributed by atoms with Gasteiger partial charge in [-0.1, -0.05) is 0 Å². The Balaban J connectivity index is 1.77. The molecule has 1 unspecified atom stereocenters. The molecule has 1 aliphatic carbocycles. The van der Waals surface area contributed by atoms with E-state index in [0.29, 0.717) is 30.0 Å². The van der Waals surface area contributed by atoms with Gasteiger partial charge in [0.05, 0.1) is 11.2 Å². The van der Waals surface area contributed by atoms with Gasteiger partial charge in [-0.05, 0) is 44.4 Å². The van der Waals surface area contributed by atoms with E-state index in [1.807, 2.05) is 0 Å². The number of nitrogens with one attached hydrogen (secondary N) is 2. The Morgan fingerprint density at radius 2 is 2.25 bits per heavy atom. The van der Waals surface area contributed by atoms with Gasteiger partial charge in [0.25, 0.3) is 5.91 Å². The summed E-state index contributed by atoms with van der Waals surface area (Å²) in [6.07, 6.45) is 1.89. The van der Waals surface area contributed by atoms with Crippen LogP contribution in [0.25, 0.3) is 0 Å². The maximum Gasteiger partial charge on any atom is 0.265 e. The molecule has 1 aliphatic heterocycles. The van der Waals surface area contributed by atoms with E-state index in [0.717, 1.165) is 6.42 Å². The zero-order valence-electron chi connectivity index (χ0n) is 11.2. The van der Waals surface area contributed by atoms with Crippen molar-refractivity contribution in [3.05, 3.63) is 18.2 Å². The number of carbonyl (C=O) groups is 2. The van der Waals surface area contributed by atoms with E-state index in [9.17, 15) is 9.59 Å².